The molecule has 4 aromatic carbocycles. The molecular weight excluding hydrogens is 444 g/mol. The minimum Gasteiger partial charge on any atom is -0.344 e. The van der Waals surface area contributed by atoms with Gasteiger partial charge in [0.25, 0.3) is 15.9 Å². The predicted molar refractivity (Wildman–Crippen MR) is 135 cm³/mol. The average Bonchev–Trinajstić information content (AvgIpc) is 2.85. The first-order valence-electron chi connectivity index (χ1n) is 11.0. The van der Waals surface area contributed by atoms with Gasteiger partial charge in [0.15, 0.2) is 0 Å². The van der Waals surface area contributed by atoms with Crippen molar-refractivity contribution in [2.75, 3.05) is 16.3 Å². The highest BCUT2D eigenvalue weighted by Gasteiger charge is 2.41. The SMILES string of the molecule is Cc1ccc(S(=O)(=O)N(C(=O)C2c3ccccc3N(C)c3ccccc32)c2ccccc2)cc1. The number of sulfonamides is 1. The van der Waals surface area contributed by atoms with E-state index in [1.807, 2.05) is 67.4 Å². The van der Waals surface area contributed by atoms with E-state index in [-0.39, 0.29) is 4.90 Å². The van der Waals surface area contributed by atoms with E-state index in [0.29, 0.717) is 5.69 Å². The average molecular weight is 469 g/mol. The second-order valence-corrected chi connectivity index (χ2v) is 10.2. The molecule has 1 aliphatic rings. The van der Waals surface area contributed by atoms with Gasteiger partial charge in [-0.2, -0.15) is 0 Å². The smallest absolute Gasteiger partial charge is 0.270 e. The van der Waals surface area contributed by atoms with Gasteiger partial charge in [-0.1, -0.05) is 72.3 Å². The Kier molecular flexibility index (Phi) is 5.46. The summed E-state index contributed by atoms with van der Waals surface area (Å²) in [6, 6.07) is 30.4. The van der Waals surface area contributed by atoms with Crippen LogP contribution in [0.2, 0.25) is 0 Å². The predicted octanol–water partition coefficient (Wildman–Crippen LogP) is 5.63. The maximum absolute atomic E-state index is 14.3. The van der Waals surface area contributed by atoms with Crippen molar-refractivity contribution in [3.05, 3.63) is 120 Å². The van der Waals surface area contributed by atoms with Gasteiger partial charge in [0.1, 0.15) is 0 Å². The lowest BCUT2D eigenvalue weighted by atomic mass is 9.84. The lowest BCUT2D eigenvalue weighted by molar-refractivity contribution is -0.118. The largest absolute Gasteiger partial charge is 0.344 e. The number of amides is 1. The summed E-state index contributed by atoms with van der Waals surface area (Å²) >= 11 is 0. The van der Waals surface area contributed by atoms with Gasteiger partial charge in [-0.15, -0.1) is 0 Å². The Morgan fingerprint density at radius 2 is 1.24 bits per heavy atom. The van der Waals surface area contributed by atoms with E-state index < -0.39 is 21.8 Å². The number of fused-ring (bicyclic) bond motifs is 2. The lowest BCUT2D eigenvalue weighted by Gasteiger charge is -2.36. The van der Waals surface area contributed by atoms with E-state index >= 15 is 0 Å². The van der Waals surface area contributed by atoms with Crippen LogP contribution in [0.25, 0.3) is 0 Å². The van der Waals surface area contributed by atoms with E-state index in [9.17, 15) is 13.2 Å². The van der Waals surface area contributed by atoms with Crippen LogP contribution in [-0.2, 0) is 14.8 Å². The van der Waals surface area contributed by atoms with Gasteiger partial charge in [-0.05, 0) is 54.4 Å². The number of para-hydroxylation sites is 3. The zero-order valence-corrected chi connectivity index (χ0v) is 19.7. The Morgan fingerprint density at radius 3 is 1.79 bits per heavy atom. The molecule has 6 heteroatoms. The van der Waals surface area contributed by atoms with Crippen LogP contribution in [0.1, 0.15) is 22.6 Å². The van der Waals surface area contributed by atoms with Crippen LogP contribution in [0, 0.1) is 6.92 Å². The fourth-order valence-corrected chi connectivity index (χ4v) is 5.95. The van der Waals surface area contributed by atoms with Crippen LogP contribution < -0.4 is 9.21 Å². The molecule has 0 bridgehead atoms. The quantitative estimate of drug-likeness (QED) is 0.389. The zero-order valence-electron chi connectivity index (χ0n) is 18.9. The molecule has 1 aliphatic heterocycles. The van der Waals surface area contributed by atoms with Crippen molar-refractivity contribution in [1.82, 2.24) is 0 Å². The molecule has 0 aliphatic carbocycles. The van der Waals surface area contributed by atoms with E-state index in [4.69, 9.17) is 0 Å². The Bertz CT molecular complexity index is 1420. The minimum atomic E-state index is -4.17. The highest BCUT2D eigenvalue weighted by molar-refractivity contribution is 7.93. The fraction of sp³-hybridized carbons (Fsp3) is 0.107. The lowest BCUT2D eigenvalue weighted by Crippen LogP contribution is -2.42. The van der Waals surface area contributed by atoms with Crippen molar-refractivity contribution >= 4 is 33.0 Å². The molecule has 0 saturated heterocycles. The van der Waals surface area contributed by atoms with Gasteiger partial charge in [0.05, 0.1) is 16.5 Å². The molecule has 0 fully saturated rings. The topological polar surface area (TPSA) is 57.7 Å². The number of rotatable bonds is 4. The summed E-state index contributed by atoms with van der Waals surface area (Å²) in [6.45, 7) is 1.89. The Labute approximate surface area is 199 Å². The normalized spacial score (nSPS) is 13.2. The molecular formula is C28H24N2O3S. The third kappa shape index (κ3) is 3.56. The zero-order chi connectivity index (χ0) is 23.9. The van der Waals surface area contributed by atoms with Gasteiger partial charge in [0.2, 0.25) is 0 Å². The molecule has 1 heterocycles. The molecule has 34 heavy (non-hydrogen) atoms. The van der Waals surface area contributed by atoms with Crippen LogP contribution in [0.5, 0.6) is 0 Å². The van der Waals surface area contributed by atoms with Crippen LogP contribution in [-0.4, -0.2) is 21.4 Å². The van der Waals surface area contributed by atoms with Crippen LogP contribution in [0.3, 0.4) is 0 Å². The van der Waals surface area contributed by atoms with Gasteiger partial charge in [-0.3, -0.25) is 4.79 Å². The summed E-state index contributed by atoms with van der Waals surface area (Å²) in [6.07, 6.45) is 0. The fourth-order valence-electron chi connectivity index (χ4n) is 4.52. The molecule has 0 radical (unpaired) electrons. The van der Waals surface area contributed by atoms with Crippen molar-refractivity contribution in [3.8, 4) is 0 Å². The molecule has 0 N–H and O–H groups in total. The van der Waals surface area contributed by atoms with Gasteiger partial charge in [0, 0.05) is 18.4 Å². The summed E-state index contributed by atoms with van der Waals surface area (Å²) < 4.78 is 28.8. The second kappa shape index (κ2) is 8.47. The van der Waals surface area contributed by atoms with E-state index in [0.717, 1.165) is 32.4 Å². The Morgan fingerprint density at radius 1 is 0.735 bits per heavy atom. The molecule has 0 unspecified atom stereocenters. The highest BCUT2D eigenvalue weighted by Crippen LogP contribution is 2.46. The number of anilines is 3. The van der Waals surface area contributed by atoms with E-state index in [2.05, 4.69) is 0 Å². The van der Waals surface area contributed by atoms with Crippen molar-refractivity contribution in [2.24, 2.45) is 0 Å². The highest BCUT2D eigenvalue weighted by atomic mass is 32.2. The van der Waals surface area contributed by atoms with Crippen LogP contribution >= 0.6 is 0 Å². The number of hydrogen-bond donors (Lipinski definition) is 0. The van der Waals surface area contributed by atoms with Gasteiger partial charge in [-0.25, -0.2) is 12.7 Å². The van der Waals surface area contributed by atoms with E-state index in [1.165, 1.54) is 0 Å². The molecule has 0 spiro atoms. The third-order valence-corrected chi connectivity index (χ3v) is 7.95. The maximum Gasteiger partial charge on any atom is 0.270 e. The number of nitrogens with zero attached hydrogens (tertiary/aromatic N) is 2. The first kappa shape index (κ1) is 21.9. The van der Waals surface area contributed by atoms with Crippen molar-refractivity contribution in [1.29, 1.82) is 0 Å². The molecule has 5 nitrogen and oxygen atoms in total. The van der Waals surface area contributed by atoms with Crippen LogP contribution in [0.15, 0.2) is 108 Å². The summed E-state index contributed by atoms with van der Waals surface area (Å²) in [7, 11) is -2.21. The maximum atomic E-state index is 14.3. The molecule has 4 aromatic rings. The Balaban J connectivity index is 1.72. The molecule has 0 saturated carbocycles. The molecule has 0 aromatic heterocycles. The van der Waals surface area contributed by atoms with Crippen LogP contribution in [0.4, 0.5) is 17.1 Å². The van der Waals surface area contributed by atoms with Crippen molar-refractivity contribution in [2.45, 2.75) is 17.7 Å². The summed E-state index contributed by atoms with van der Waals surface area (Å²) in [5.41, 5.74) is 4.54. The third-order valence-electron chi connectivity index (χ3n) is 6.22. The molecule has 5 rings (SSSR count). The summed E-state index contributed by atoms with van der Waals surface area (Å²) in [4.78, 5) is 16.5. The van der Waals surface area contributed by atoms with Crippen molar-refractivity contribution < 1.29 is 13.2 Å². The number of hydrogen-bond acceptors (Lipinski definition) is 4. The van der Waals surface area contributed by atoms with Gasteiger partial charge >= 0.3 is 0 Å². The summed E-state index contributed by atoms with van der Waals surface area (Å²) in [5, 5.41) is 0. The molecule has 1 amide bonds. The monoisotopic (exact) mass is 468 g/mol. The number of benzene rings is 4. The van der Waals surface area contributed by atoms with Crippen molar-refractivity contribution in [3.63, 3.8) is 0 Å². The first-order chi connectivity index (χ1) is 16.4. The molecule has 0 atom stereocenters. The molecule has 170 valence electrons. The standard InChI is InChI=1S/C28H24N2O3S/c1-20-16-18-22(19-17-20)34(32,33)30(21-10-4-3-5-11-21)28(31)27-23-12-6-8-14-25(23)29(2)26-15-9-7-13-24(26)27/h3-19,27H,1-2H3. The number of carbonyl (C=O) groups excluding carboxylic acids is 1. The first-order valence-corrected chi connectivity index (χ1v) is 12.5. The van der Waals surface area contributed by atoms with Gasteiger partial charge < -0.3 is 4.90 Å². The van der Waals surface area contributed by atoms with E-state index in [1.54, 1.807) is 54.6 Å². The Hall–Kier alpha value is -3.90. The number of carbonyl (C=O) groups is 1. The number of aryl methyl sites for hydroxylation is 1. The minimum absolute atomic E-state index is 0.0739. The second-order valence-electron chi connectivity index (χ2n) is 8.37. The summed E-state index contributed by atoms with van der Waals surface area (Å²) in [5.74, 6) is -1.29.